The predicted molar refractivity (Wildman–Crippen MR) is 98.1 cm³/mol. The van der Waals surface area contributed by atoms with Crippen LogP contribution in [0, 0.1) is 11.3 Å². The molecule has 1 amide bonds. The van der Waals surface area contributed by atoms with Crippen molar-refractivity contribution in [2.24, 2.45) is 0 Å². The molecule has 3 rings (SSSR count). The van der Waals surface area contributed by atoms with E-state index in [-0.39, 0.29) is 23.6 Å². The van der Waals surface area contributed by atoms with E-state index in [0.29, 0.717) is 22.7 Å². The van der Waals surface area contributed by atoms with Crippen molar-refractivity contribution in [2.75, 3.05) is 19.3 Å². The smallest absolute Gasteiger partial charge is 0.262 e. The molecule has 3 aromatic rings. The van der Waals surface area contributed by atoms with Gasteiger partial charge in [-0.25, -0.2) is 9.67 Å². The third kappa shape index (κ3) is 3.75. The Morgan fingerprint density at radius 1 is 1.38 bits per heavy atom. The van der Waals surface area contributed by atoms with Crippen LogP contribution in [0.2, 0.25) is 0 Å². The zero-order chi connectivity index (χ0) is 18.5. The van der Waals surface area contributed by atoms with Crippen molar-refractivity contribution in [1.29, 1.82) is 5.26 Å². The first-order chi connectivity index (χ1) is 12.6. The highest BCUT2D eigenvalue weighted by atomic mass is 32.2. The fraction of sp³-hybridized carbons (Fsp3) is 0.235. The van der Waals surface area contributed by atoms with E-state index in [9.17, 15) is 9.59 Å². The Bertz CT molecular complexity index is 1020. The minimum atomic E-state index is -0.301. The van der Waals surface area contributed by atoms with Crippen LogP contribution in [0.5, 0.6) is 0 Å². The maximum absolute atomic E-state index is 12.3. The highest BCUT2D eigenvalue weighted by molar-refractivity contribution is 7.99. The summed E-state index contributed by atoms with van der Waals surface area (Å²) in [5.41, 5.74) is 0.932. The van der Waals surface area contributed by atoms with E-state index in [2.05, 4.69) is 15.1 Å². The van der Waals surface area contributed by atoms with Crippen LogP contribution in [0.15, 0.2) is 46.5 Å². The monoisotopic (exact) mass is 368 g/mol. The molecule has 0 saturated carbocycles. The van der Waals surface area contributed by atoms with E-state index in [1.165, 1.54) is 11.1 Å². The Morgan fingerprint density at radius 3 is 2.88 bits per heavy atom. The number of benzene rings is 1. The summed E-state index contributed by atoms with van der Waals surface area (Å²) in [6, 6.07) is 11.4. The molecule has 0 aliphatic heterocycles. The molecular weight excluding hydrogens is 352 g/mol. The number of fused-ring (bicyclic) bond motifs is 1. The average molecular weight is 368 g/mol. The number of para-hydroxylation sites is 1. The summed E-state index contributed by atoms with van der Waals surface area (Å²) in [4.78, 5) is 32.9. The molecule has 0 aliphatic rings. The molecule has 2 aromatic heterocycles. The van der Waals surface area contributed by atoms with Gasteiger partial charge in [0.05, 0.1) is 30.1 Å². The van der Waals surface area contributed by atoms with Crippen molar-refractivity contribution in [1.82, 2.24) is 24.6 Å². The van der Waals surface area contributed by atoms with Crippen LogP contribution in [0.4, 0.5) is 0 Å². The van der Waals surface area contributed by atoms with Gasteiger partial charge in [-0.1, -0.05) is 30.0 Å². The fourth-order valence-corrected chi connectivity index (χ4v) is 3.10. The number of aromatic amines is 1. The molecule has 132 valence electrons. The number of rotatable bonds is 6. The second kappa shape index (κ2) is 7.84. The number of carbonyl (C=O) groups is 1. The minimum Gasteiger partial charge on any atom is -0.344 e. The van der Waals surface area contributed by atoms with E-state index in [1.54, 1.807) is 11.7 Å². The van der Waals surface area contributed by atoms with Crippen LogP contribution in [0.1, 0.15) is 6.42 Å². The molecule has 0 unspecified atom stereocenters. The van der Waals surface area contributed by atoms with E-state index in [1.807, 2.05) is 36.4 Å². The van der Waals surface area contributed by atoms with E-state index in [0.717, 1.165) is 17.4 Å². The molecule has 1 N–H and O–H groups in total. The lowest BCUT2D eigenvalue weighted by molar-refractivity contribution is -0.127. The highest BCUT2D eigenvalue weighted by Crippen LogP contribution is 2.18. The number of hydrogen-bond acceptors (Lipinski definition) is 6. The molecule has 0 fully saturated rings. The molecule has 0 spiro atoms. The van der Waals surface area contributed by atoms with Crippen molar-refractivity contribution >= 4 is 28.7 Å². The second-order valence-electron chi connectivity index (χ2n) is 5.51. The number of nitrogens with zero attached hydrogens (tertiary/aromatic N) is 5. The average Bonchev–Trinajstić information content (AvgIpc) is 3.09. The van der Waals surface area contributed by atoms with Gasteiger partial charge in [0.2, 0.25) is 5.91 Å². The first kappa shape index (κ1) is 17.7. The molecule has 2 heterocycles. The SMILES string of the molecule is CN(CCC#N)C(=O)CSc1nc2c(cnn2-c2ccccc2)c(=O)[nH]1. The number of carbonyl (C=O) groups excluding carboxylic acids is 1. The van der Waals surface area contributed by atoms with E-state index in [4.69, 9.17) is 5.26 Å². The molecular formula is C17H16N6O2S. The van der Waals surface area contributed by atoms with Crippen molar-refractivity contribution < 1.29 is 4.79 Å². The molecule has 0 bridgehead atoms. The van der Waals surface area contributed by atoms with Crippen molar-refractivity contribution in [3.8, 4) is 11.8 Å². The third-order valence-electron chi connectivity index (χ3n) is 3.73. The lowest BCUT2D eigenvalue weighted by Gasteiger charge is -2.14. The number of hydrogen-bond donors (Lipinski definition) is 1. The van der Waals surface area contributed by atoms with E-state index >= 15 is 0 Å². The molecule has 8 nitrogen and oxygen atoms in total. The van der Waals surface area contributed by atoms with Crippen LogP contribution < -0.4 is 5.56 Å². The Balaban J connectivity index is 1.83. The van der Waals surface area contributed by atoms with Gasteiger partial charge in [0, 0.05) is 13.6 Å². The Morgan fingerprint density at radius 2 is 2.15 bits per heavy atom. The van der Waals surface area contributed by atoms with Gasteiger partial charge in [0.1, 0.15) is 5.39 Å². The molecule has 9 heteroatoms. The van der Waals surface area contributed by atoms with Crippen molar-refractivity contribution in [3.63, 3.8) is 0 Å². The lowest BCUT2D eigenvalue weighted by atomic mass is 10.3. The van der Waals surface area contributed by atoms with Gasteiger partial charge in [-0.3, -0.25) is 9.59 Å². The summed E-state index contributed by atoms with van der Waals surface area (Å²) in [5, 5.41) is 13.6. The number of H-pyrrole nitrogens is 1. The standard InChI is InChI=1S/C17H16N6O2S/c1-22(9-5-8-18)14(24)11-26-17-20-15-13(16(25)21-17)10-19-23(15)12-6-3-2-4-7-12/h2-4,6-7,10H,5,9,11H2,1H3,(H,20,21,25). The van der Waals surface area contributed by atoms with Gasteiger partial charge in [0.25, 0.3) is 5.56 Å². The molecule has 0 aliphatic carbocycles. The first-order valence-electron chi connectivity index (χ1n) is 7.87. The van der Waals surface area contributed by atoms with Gasteiger partial charge in [-0.05, 0) is 12.1 Å². The summed E-state index contributed by atoms with van der Waals surface area (Å²) >= 11 is 1.14. The topological polar surface area (TPSA) is 108 Å². The summed E-state index contributed by atoms with van der Waals surface area (Å²) in [5.74, 6) is -0.0138. The lowest BCUT2D eigenvalue weighted by Crippen LogP contribution is -2.29. The third-order valence-corrected chi connectivity index (χ3v) is 4.59. The molecule has 26 heavy (non-hydrogen) atoms. The summed E-state index contributed by atoms with van der Waals surface area (Å²) in [6.45, 7) is 0.375. The summed E-state index contributed by atoms with van der Waals surface area (Å²) < 4.78 is 1.59. The van der Waals surface area contributed by atoms with Crippen molar-refractivity contribution in [2.45, 2.75) is 11.6 Å². The normalized spacial score (nSPS) is 10.6. The van der Waals surface area contributed by atoms with Gasteiger partial charge in [-0.15, -0.1) is 0 Å². The number of nitrogens with one attached hydrogen (secondary N) is 1. The minimum absolute atomic E-state index is 0.121. The van der Waals surface area contributed by atoms with Crippen molar-refractivity contribution in [3.05, 3.63) is 46.9 Å². The van der Waals surface area contributed by atoms with E-state index < -0.39 is 0 Å². The quantitative estimate of drug-likeness (QED) is 0.523. The number of aromatic nitrogens is 4. The van der Waals surface area contributed by atoms with Crippen LogP contribution >= 0.6 is 11.8 Å². The van der Waals surface area contributed by atoms with Crippen LogP contribution in [-0.4, -0.2) is 49.9 Å². The second-order valence-corrected chi connectivity index (χ2v) is 6.48. The maximum Gasteiger partial charge on any atom is 0.262 e. The zero-order valence-corrected chi connectivity index (χ0v) is 14.9. The molecule has 0 atom stereocenters. The Hall–Kier alpha value is -3.12. The van der Waals surface area contributed by atoms with Gasteiger partial charge < -0.3 is 9.88 Å². The first-order valence-corrected chi connectivity index (χ1v) is 8.86. The highest BCUT2D eigenvalue weighted by Gasteiger charge is 2.14. The van der Waals surface area contributed by atoms with Crippen LogP contribution in [0.25, 0.3) is 16.7 Å². The predicted octanol–water partition coefficient (Wildman–Crippen LogP) is 1.57. The Kier molecular flexibility index (Phi) is 5.34. The fourth-order valence-electron chi connectivity index (χ4n) is 2.31. The summed E-state index contributed by atoms with van der Waals surface area (Å²) in [7, 11) is 1.64. The molecule has 1 aromatic carbocycles. The van der Waals surface area contributed by atoms with Gasteiger partial charge in [0.15, 0.2) is 10.8 Å². The largest absolute Gasteiger partial charge is 0.344 e. The number of nitriles is 1. The molecule has 0 saturated heterocycles. The molecule has 0 radical (unpaired) electrons. The van der Waals surface area contributed by atoms with Gasteiger partial charge >= 0.3 is 0 Å². The number of thioether (sulfide) groups is 1. The zero-order valence-electron chi connectivity index (χ0n) is 14.0. The maximum atomic E-state index is 12.3. The summed E-state index contributed by atoms with van der Waals surface area (Å²) in [6.07, 6.45) is 1.76. The van der Waals surface area contributed by atoms with Crippen LogP contribution in [-0.2, 0) is 4.79 Å². The van der Waals surface area contributed by atoms with Crippen LogP contribution in [0.3, 0.4) is 0 Å². The Labute approximate surface area is 153 Å². The van der Waals surface area contributed by atoms with Gasteiger partial charge in [-0.2, -0.15) is 10.4 Å². The number of amides is 1.